The molecule has 0 unspecified atom stereocenters. The minimum absolute atomic E-state index is 0.0124. The molecule has 0 spiro atoms. The first-order valence-corrected chi connectivity index (χ1v) is 12.5. The number of carbonyl (C=O) groups excluding carboxylic acids is 2. The second-order valence-corrected chi connectivity index (χ2v) is 9.45. The fourth-order valence-electron chi connectivity index (χ4n) is 4.54. The van der Waals surface area contributed by atoms with Gasteiger partial charge in [-0.2, -0.15) is 18.3 Å². The molecule has 0 atom stereocenters. The molecule has 2 amide bonds. The van der Waals surface area contributed by atoms with Gasteiger partial charge >= 0.3 is 12.2 Å². The van der Waals surface area contributed by atoms with Gasteiger partial charge in [-0.05, 0) is 37.8 Å². The highest BCUT2D eigenvalue weighted by atomic mass is 19.4. The number of rotatable bonds is 8. The Morgan fingerprint density at radius 3 is 2.46 bits per heavy atom. The highest BCUT2D eigenvalue weighted by molar-refractivity contribution is 5.96. The van der Waals surface area contributed by atoms with E-state index in [-0.39, 0.29) is 36.8 Å². The molecule has 1 N–H and O–H groups in total. The molecule has 5 rings (SSSR count). The standard InChI is InChI=1S/C25H27F3N6O3/c26-25(27,28)20-19(15-34(32-20)18-9-5-2-6-10-18)21(35)29-13-14-33(23(36)17-7-3-1-4-8-17)24-31-30-22(37-24)16-11-12-16/h2,5-6,9-10,15-17H,1,3-4,7-8,11-14H2,(H,29,35). The zero-order valence-corrected chi connectivity index (χ0v) is 20.1. The average molecular weight is 517 g/mol. The number of carbonyl (C=O) groups is 2. The highest BCUT2D eigenvalue weighted by Crippen LogP contribution is 2.40. The number of nitrogens with zero attached hydrogens (tertiary/aromatic N) is 5. The van der Waals surface area contributed by atoms with Crippen molar-refractivity contribution in [1.82, 2.24) is 25.3 Å². The van der Waals surface area contributed by atoms with Crippen LogP contribution < -0.4 is 10.2 Å². The second-order valence-electron chi connectivity index (χ2n) is 9.45. The van der Waals surface area contributed by atoms with Gasteiger partial charge in [-0.3, -0.25) is 14.5 Å². The molecule has 2 saturated carbocycles. The van der Waals surface area contributed by atoms with Crippen LogP contribution in [0.4, 0.5) is 19.2 Å². The molecule has 196 valence electrons. The van der Waals surface area contributed by atoms with Gasteiger partial charge in [-0.1, -0.05) is 42.6 Å². The number of hydrogen-bond acceptors (Lipinski definition) is 6. The van der Waals surface area contributed by atoms with Crippen molar-refractivity contribution < 1.29 is 27.2 Å². The minimum Gasteiger partial charge on any atom is -0.407 e. The van der Waals surface area contributed by atoms with Gasteiger partial charge in [0, 0.05) is 31.1 Å². The molecule has 3 aromatic rings. The van der Waals surface area contributed by atoms with Gasteiger partial charge in [-0.15, -0.1) is 5.10 Å². The molecule has 0 bridgehead atoms. The van der Waals surface area contributed by atoms with Crippen LogP contribution in [0.2, 0.25) is 0 Å². The summed E-state index contributed by atoms with van der Waals surface area (Å²) in [5, 5.41) is 14.2. The first kappa shape index (κ1) is 25.0. The van der Waals surface area contributed by atoms with Crippen LogP contribution in [0.15, 0.2) is 40.9 Å². The molecule has 2 heterocycles. The van der Waals surface area contributed by atoms with Crippen LogP contribution in [0.5, 0.6) is 0 Å². The Hall–Kier alpha value is -3.70. The predicted molar refractivity (Wildman–Crippen MR) is 126 cm³/mol. The van der Waals surface area contributed by atoms with Crippen LogP contribution >= 0.6 is 0 Å². The Bertz CT molecular complexity index is 1250. The van der Waals surface area contributed by atoms with E-state index in [1.165, 1.54) is 4.90 Å². The third-order valence-corrected chi connectivity index (χ3v) is 6.68. The van der Waals surface area contributed by atoms with Gasteiger partial charge in [0.25, 0.3) is 5.91 Å². The van der Waals surface area contributed by atoms with Crippen molar-refractivity contribution >= 4 is 17.8 Å². The molecule has 2 aliphatic carbocycles. The van der Waals surface area contributed by atoms with Gasteiger partial charge in [0.2, 0.25) is 11.8 Å². The van der Waals surface area contributed by atoms with E-state index in [2.05, 4.69) is 20.6 Å². The number of halogens is 3. The summed E-state index contributed by atoms with van der Waals surface area (Å²) >= 11 is 0. The lowest BCUT2D eigenvalue weighted by atomic mass is 9.88. The van der Waals surface area contributed by atoms with Crippen molar-refractivity contribution in [3.63, 3.8) is 0 Å². The average Bonchev–Trinajstić information content (AvgIpc) is 3.45. The van der Waals surface area contributed by atoms with Crippen LogP contribution in [0.25, 0.3) is 5.69 Å². The normalized spacial score (nSPS) is 16.5. The topological polar surface area (TPSA) is 106 Å². The number of nitrogens with one attached hydrogen (secondary N) is 1. The number of hydrogen-bond donors (Lipinski definition) is 1. The number of aromatic nitrogens is 4. The van der Waals surface area contributed by atoms with E-state index in [9.17, 15) is 22.8 Å². The van der Waals surface area contributed by atoms with E-state index >= 15 is 0 Å². The first-order valence-electron chi connectivity index (χ1n) is 12.5. The number of anilines is 1. The molecule has 0 radical (unpaired) electrons. The summed E-state index contributed by atoms with van der Waals surface area (Å²) in [7, 11) is 0. The minimum atomic E-state index is -4.82. The quantitative estimate of drug-likeness (QED) is 0.473. The lowest BCUT2D eigenvalue weighted by Gasteiger charge is -2.26. The first-order chi connectivity index (χ1) is 17.8. The van der Waals surface area contributed by atoms with E-state index in [0.717, 1.165) is 55.8 Å². The van der Waals surface area contributed by atoms with Crippen LogP contribution in [0.1, 0.15) is 72.8 Å². The van der Waals surface area contributed by atoms with E-state index in [0.29, 0.717) is 11.6 Å². The largest absolute Gasteiger partial charge is 0.435 e. The molecule has 2 aliphatic rings. The third-order valence-electron chi connectivity index (χ3n) is 6.68. The Morgan fingerprint density at radius 1 is 1.05 bits per heavy atom. The monoisotopic (exact) mass is 516 g/mol. The molecule has 0 saturated heterocycles. The number of para-hydroxylation sites is 1. The lowest BCUT2D eigenvalue weighted by Crippen LogP contribution is -2.42. The van der Waals surface area contributed by atoms with Crippen molar-refractivity contribution in [2.75, 3.05) is 18.0 Å². The fourth-order valence-corrected chi connectivity index (χ4v) is 4.54. The van der Waals surface area contributed by atoms with Gasteiger partial charge in [0.15, 0.2) is 5.69 Å². The zero-order chi connectivity index (χ0) is 26.0. The molecule has 2 fully saturated rings. The highest BCUT2D eigenvalue weighted by Gasteiger charge is 2.39. The molecule has 2 aromatic heterocycles. The van der Waals surface area contributed by atoms with Crippen LogP contribution in [-0.4, -0.2) is 44.9 Å². The summed E-state index contributed by atoms with van der Waals surface area (Å²) in [5.74, 6) is -0.628. The van der Waals surface area contributed by atoms with Crippen LogP contribution in [-0.2, 0) is 11.0 Å². The van der Waals surface area contributed by atoms with E-state index in [4.69, 9.17) is 4.42 Å². The van der Waals surface area contributed by atoms with Gasteiger partial charge in [0.1, 0.15) is 0 Å². The number of amides is 2. The Morgan fingerprint density at radius 2 is 1.78 bits per heavy atom. The van der Waals surface area contributed by atoms with Gasteiger partial charge in [0.05, 0.1) is 11.3 Å². The summed E-state index contributed by atoms with van der Waals surface area (Å²) in [6.07, 6.45) is 2.60. The van der Waals surface area contributed by atoms with Crippen LogP contribution in [0, 0.1) is 5.92 Å². The maximum atomic E-state index is 13.7. The fraction of sp³-hybridized carbons (Fsp3) is 0.480. The zero-order valence-electron chi connectivity index (χ0n) is 20.1. The SMILES string of the molecule is O=C(NCCN(C(=O)C1CCCCC1)c1nnc(C2CC2)o1)c1cn(-c2ccccc2)nc1C(F)(F)F. The van der Waals surface area contributed by atoms with Crippen LogP contribution in [0.3, 0.4) is 0 Å². The molecule has 9 nitrogen and oxygen atoms in total. The second kappa shape index (κ2) is 10.3. The van der Waals surface area contributed by atoms with E-state index < -0.39 is 23.3 Å². The summed E-state index contributed by atoms with van der Waals surface area (Å²) in [4.78, 5) is 27.5. The Labute approximate surface area is 211 Å². The van der Waals surface area contributed by atoms with Gasteiger partial charge in [-0.25, -0.2) is 4.68 Å². The van der Waals surface area contributed by atoms with Gasteiger partial charge < -0.3 is 9.73 Å². The molecular formula is C25H27F3N6O3. The third kappa shape index (κ3) is 5.67. The number of benzene rings is 1. The van der Waals surface area contributed by atoms with Crippen molar-refractivity contribution in [3.05, 3.63) is 53.7 Å². The predicted octanol–water partition coefficient (Wildman–Crippen LogP) is 4.49. The molecule has 0 aliphatic heterocycles. The summed E-state index contributed by atoms with van der Waals surface area (Å²) in [5.41, 5.74) is -1.50. The van der Waals surface area contributed by atoms with Crippen molar-refractivity contribution in [2.24, 2.45) is 5.92 Å². The summed E-state index contributed by atoms with van der Waals surface area (Å²) in [6.45, 7) is -0.117. The lowest BCUT2D eigenvalue weighted by molar-refractivity contribution is -0.141. The summed E-state index contributed by atoms with van der Waals surface area (Å²) < 4.78 is 47.7. The van der Waals surface area contributed by atoms with Crippen molar-refractivity contribution in [2.45, 2.75) is 57.0 Å². The Balaban J connectivity index is 1.31. The van der Waals surface area contributed by atoms with Crippen molar-refractivity contribution in [1.29, 1.82) is 0 Å². The van der Waals surface area contributed by atoms with E-state index in [1.54, 1.807) is 30.3 Å². The number of alkyl halides is 3. The molecule has 1 aromatic carbocycles. The Kier molecular flexibility index (Phi) is 6.98. The maximum absolute atomic E-state index is 13.7. The van der Waals surface area contributed by atoms with Crippen molar-refractivity contribution in [3.8, 4) is 5.69 Å². The smallest absolute Gasteiger partial charge is 0.407 e. The van der Waals surface area contributed by atoms with E-state index in [1.807, 2.05) is 0 Å². The molecular weight excluding hydrogens is 489 g/mol. The summed E-state index contributed by atoms with van der Waals surface area (Å²) in [6, 6.07) is 8.28. The molecule has 12 heteroatoms. The molecule has 37 heavy (non-hydrogen) atoms. The maximum Gasteiger partial charge on any atom is 0.435 e.